The van der Waals surface area contributed by atoms with E-state index in [0.29, 0.717) is 11.5 Å². The summed E-state index contributed by atoms with van der Waals surface area (Å²) in [5.74, 6) is 0.290. The highest BCUT2D eigenvalue weighted by Gasteiger charge is 2.16. The van der Waals surface area contributed by atoms with E-state index in [0.717, 1.165) is 22.3 Å². The molecule has 0 atom stereocenters. The molecule has 5 nitrogen and oxygen atoms in total. The highest BCUT2D eigenvalue weighted by molar-refractivity contribution is 5.92. The van der Waals surface area contributed by atoms with E-state index in [1.165, 1.54) is 0 Å². The molecule has 1 aromatic heterocycles. The summed E-state index contributed by atoms with van der Waals surface area (Å²) in [5.41, 5.74) is 4.32. The van der Waals surface area contributed by atoms with Gasteiger partial charge in [0.05, 0.1) is 5.56 Å². The van der Waals surface area contributed by atoms with Crippen molar-refractivity contribution in [3.8, 4) is 11.5 Å². The van der Waals surface area contributed by atoms with Crippen LogP contribution in [0.4, 0.5) is 0 Å². The van der Waals surface area contributed by atoms with E-state index in [9.17, 15) is 4.79 Å². The van der Waals surface area contributed by atoms with E-state index in [2.05, 4.69) is 10.2 Å². The van der Waals surface area contributed by atoms with Crippen LogP contribution in [0.2, 0.25) is 0 Å². The van der Waals surface area contributed by atoms with E-state index in [4.69, 9.17) is 9.15 Å². The Morgan fingerprint density at radius 2 is 1.71 bits per heavy atom. The first-order chi connectivity index (χ1) is 11.5. The normalized spacial score (nSPS) is 10.6. The van der Waals surface area contributed by atoms with Gasteiger partial charge in [0.25, 0.3) is 5.89 Å². The van der Waals surface area contributed by atoms with Crippen LogP contribution in [0.1, 0.15) is 32.9 Å². The number of hydrogen-bond donors (Lipinski definition) is 0. The second-order valence-corrected chi connectivity index (χ2v) is 5.72. The molecule has 0 aliphatic carbocycles. The molecular weight excluding hydrogens is 304 g/mol. The molecule has 0 N–H and O–H groups in total. The van der Waals surface area contributed by atoms with E-state index >= 15 is 0 Å². The van der Waals surface area contributed by atoms with Crippen molar-refractivity contribution >= 4 is 5.97 Å². The molecule has 24 heavy (non-hydrogen) atoms. The molecule has 0 fully saturated rings. The molecule has 2 aromatic carbocycles. The summed E-state index contributed by atoms with van der Waals surface area (Å²) in [6.07, 6.45) is 0. The molecule has 0 bridgehead atoms. The van der Waals surface area contributed by atoms with Crippen LogP contribution in [-0.2, 0) is 11.3 Å². The Balaban J connectivity index is 1.71. The van der Waals surface area contributed by atoms with Gasteiger partial charge in [-0.05, 0) is 44.0 Å². The Morgan fingerprint density at radius 1 is 1.04 bits per heavy atom. The molecule has 3 rings (SSSR count). The fourth-order valence-electron chi connectivity index (χ4n) is 2.71. The lowest BCUT2D eigenvalue weighted by Gasteiger charge is -2.10. The molecule has 3 aromatic rings. The maximum Gasteiger partial charge on any atom is 0.339 e. The predicted molar refractivity (Wildman–Crippen MR) is 89.5 cm³/mol. The van der Waals surface area contributed by atoms with Gasteiger partial charge in [-0.25, -0.2) is 4.79 Å². The third-order valence-corrected chi connectivity index (χ3v) is 3.70. The molecule has 0 aliphatic heterocycles. The van der Waals surface area contributed by atoms with Crippen LogP contribution in [0.25, 0.3) is 11.5 Å². The zero-order chi connectivity index (χ0) is 17.1. The van der Waals surface area contributed by atoms with E-state index in [1.54, 1.807) is 0 Å². The van der Waals surface area contributed by atoms with Gasteiger partial charge in [-0.1, -0.05) is 35.9 Å². The lowest BCUT2D eigenvalue weighted by atomic mass is 10.00. The average Bonchev–Trinajstić information content (AvgIpc) is 3.02. The zero-order valence-electron chi connectivity index (χ0n) is 13.9. The molecule has 0 radical (unpaired) electrons. The van der Waals surface area contributed by atoms with Crippen molar-refractivity contribution < 1.29 is 13.9 Å². The molecule has 0 aliphatic rings. The lowest BCUT2D eigenvalue weighted by Crippen LogP contribution is -2.09. The van der Waals surface area contributed by atoms with E-state index in [-0.39, 0.29) is 18.5 Å². The molecule has 0 saturated heterocycles. The van der Waals surface area contributed by atoms with Gasteiger partial charge in [0.15, 0.2) is 6.61 Å². The second-order valence-electron chi connectivity index (χ2n) is 5.72. The fraction of sp³-hybridized carbons (Fsp3) is 0.211. The number of rotatable bonds is 4. The Morgan fingerprint density at radius 3 is 2.38 bits per heavy atom. The number of carbonyl (C=O) groups excluding carboxylic acids is 1. The Kier molecular flexibility index (Phi) is 4.42. The molecule has 0 unspecified atom stereocenters. The minimum atomic E-state index is -0.385. The summed E-state index contributed by atoms with van der Waals surface area (Å²) in [7, 11) is 0. The number of esters is 1. The molecule has 122 valence electrons. The fourth-order valence-corrected chi connectivity index (χ4v) is 2.71. The number of aromatic nitrogens is 2. The molecule has 0 amide bonds. The second kappa shape index (κ2) is 6.66. The molecule has 5 heteroatoms. The number of benzene rings is 2. The van der Waals surface area contributed by atoms with Gasteiger partial charge in [-0.2, -0.15) is 0 Å². The van der Waals surface area contributed by atoms with Crippen LogP contribution < -0.4 is 0 Å². The number of ether oxygens (including phenoxy) is 1. The van der Waals surface area contributed by atoms with Crippen molar-refractivity contribution in [1.29, 1.82) is 0 Å². The van der Waals surface area contributed by atoms with Crippen molar-refractivity contribution in [3.63, 3.8) is 0 Å². The number of nitrogens with zero attached hydrogens (tertiary/aromatic N) is 2. The Labute approximate surface area is 140 Å². The van der Waals surface area contributed by atoms with Crippen LogP contribution in [0, 0.1) is 20.8 Å². The first-order valence-electron chi connectivity index (χ1n) is 7.67. The van der Waals surface area contributed by atoms with Gasteiger partial charge in [0, 0.05) is 5.56 Å². The highest BCUT2D eigenvalue weighted by atomic mass is 16.5. The maximum absolute atomic E-state index is 12.3. The van der Waals surface area contributed by atoms with Crippen molar-refractivity contribution in [2.75, 3.05) is 0 Å². The zero-order valence-corrected chi connectivity index (χ0v) is 13.9. The van der Waals surface area contributed by atoms with Gasteiger partial charge in [-0.3, -0.25) is 0 Å². The summed E-state index contributed by atoms with van der Waals surface area (Å²) in [6.45, 7) is 5.75. The summed E-state index contributed by atoms with van der Waals surface area (Å²) < 4.78 is 10.9. The Bertz CT molecular complexity index is 846. The van der Waals surface area contributed by atoms with Gasteiger partial charge in [-0.15, -0.1) is 10.2 Å². The average molecular weight is 322 g/mol. The first-order valence-corrected chi connectivity index (χ1v) is 7.67. The smallest absolute Gasteiger partial charge is 0.339 e. The number of carbonyl (C=O) groups is 1. The van der Waals surface area contributed by atoms with Gasteiger partial charge < -0.3 is 9.15 Å². The van der Waals surface area contributed by atoms with Crippen molar-refractivity contribution in [3.05, 3.63) is 70.6 Å². The van der Waals surface area contributed by atoms with Crippen molar-refractivity contribution in [2.45, 2.75) is 27.4 Å². The molecule has 1 heterocycles. The van der Waals surface area contributed by atoms with Crippen LogP contribution in [-0.4, -0.2) is 16.2 Å². The first kappa shape index (κ1) is 15.9. The lowest BCUT2D eigenvalue weighted by molar-refractivity contribution is 0.0437. The summed E-state index contributed by atoms with van der Waals surface area (Å²) >= 11 is 0. The van der Waals surface area contributed by atoms with Crippen molar-refractivity contribution in [2.24, 2.45) is 0 Å². The third-order valence-electron chi connectivity index (χ3n) is 3.70. The van der Waals surface area contributed by atoms with Crippen LogP contribution >= 0.6 is 0 Å². The summed E-state index contributed by atoms with van der Waals surface area (Å²) in [4.78, 5) is 12.3. The minimum absolute atomic E-state index is 0.0502. The van der Waals surface area contributed by atoms with Crippen LogP contribution in [0.5, 0.6) is 0 Å². The van der Waals surface area contributed by atoms with E-state index < -0.39 is 0 Å². The molecular formula is C19H18N2O3. The summed E-state index contributed by atoms with van der Waals surface area (Å²) in [6, 6.07) is 13.4. The quantitative estimate of drug-likeness (QED) is 0.679. The van der Waals surface area contributed by atoms with Gasteiger partial charge >= 0.3 is 5.97 Å². The molecule has 0 saturated carbocycles. The predicted octanol–water partition coefficient (Wildman–Crippen LogP) is 4.02. The standard InChI is InChI=1S/C19H18N2O3/c1-12-9-13(2)17(14(3)10-12)19(22)23-11-16-20-21-18(24-16)15-7-5-4-6-8-15/h4-10H,11H2,1-3H3. The topological polar surface area (TPSA) is 65.2 Å². The van der Waals surface area contributed by atoms with Gasteiger partial charge in [0.1, 0.15) is 0 Å². The van der Waals surface area contributed by atoms with Crippen molar-refractivity contribution in [1.82, 2.24) is 10.2 Å². The Hall–Kier alpha value is -2.95. The summed E-state index contributed by atoms with van der Waals surface area (Å²) in [5, 5.41) is 7.90. The minimum Gasteiger partial charge on any atom is -0.452 e. The SMILES string of the molecule is Cc1cc(C)c(C(=O)OCc2nnc(-c3ccccc3)o2)c(C)c1. The monoisotopic (exact) mass is 322 g/mol. The van der Waals surface area contributed by atoms with Crippen LogP contribution in [0.3, 0.4) is 0 Å². The largest absolute Gasteiger partial charge is 0.452 e. The number of aryl methyl sites for hydroxylation is 3. The van der Waals surface area contributed by atoms with Crippen LogP contribution in [0.15, 0.2) is 46.9 Å². The number of hydrogen-bond acceptors (Lipinski definition) is 5. The molecule has 0 spiro atoms. The van der Waals surface area contributed by atoms with E-state index in [1.807, 2.05) is 63.2 Å². The highest BCUT2D eigenvalue weighted by Crippen LogP contribution is 2.20. The third kappa shape index (κ3) is 3.35. The maximum atomic E-state index is 12.3. The van der Waals surface area contributed by atoms with Gasteiger partial charge in [0.2, 0.25) is 5.89 Å².